The molecule has 0 spiro atoms. The fourth-order valence-electron chi connectivity index (χ4n) is 3.27. The number of aryl methyl sites for hydroxylation is 2. The van der Waals surface area contributed by atoms with Crippen LogP contribution in [0.1, 0.15) is 37.9 Å². The Labute approximate surface area is 121 Å². The highest BCUT2D eigenvalue weighted by Crippen LogP contribution is 2.38. The third-order valence-electron chi connectivity index (χ3n) is 3.99. The summed E-state index contributed by atoms with van der Waals surface area (Å²) in [6.07, 6.45) is 7.18. The van der Waals surface area contributed by atoms with E-state index in [0.29, 0.717) is 0 Å². The van der Waals surface area contributed by atoms with Crippen molar-refractivity contribution < 1.29 is 16.1 Å². The first-order chi connectivity index (χ1) is 9.44. The van der Waals surface area contributed by atoms with Gasteiger partial charge in [0.25, 0.3) is 0 Å². The number of carbonyl (C=O) groups excluding carboxylic acids is 1. The predicted molar refractivity (Wildman–Crippen MR) is 81.7 cm³/mol. The van der Waals surface area contributed by atoms with E-state index in [1.165, 1.54) is 22.3 Å². The summed E-state index contributed by atoms with van der Waals surface area (Å²) >= 11 is 0. The molecule has 0 heterocycles. The fourth-order valence-corrected chi connectivity index (χ4v) is 3.66. The van der Waals surface area contributed by atoms with Crippen LogP contribution in [0.5, 0.6) is 0 Å². The lowest BCUT2D eigenvalue weighted by Crippen LogP contribution is -2.34. The largest absolute Gasteiger partial charge is 0.332 e. The summed E-state index contributed by atoms with van der Waals surface area (Å²) in [7, 11) is -3.53. The van der Waals surface area contributed by atoms with Crippen molar-refractivity contribution in [1.82, 2.24) is 4.72 Å². The van der Waals surface area contributed by atoms with Crippen LogP contribution in [0.2, 0.25) is 0 Å². The SMILES string of the molecule is CS(=O)(=O)NC(=O)Nc1c2c(cc3c1CCC3)CCC2.[HH].[HH]. The normalized spacial score (nSPS) is 16.6. The third-order valence-corrected chi connectivity index (χ3v) is 4.55. The van der Waals surface area contributed by atoms with Gasteiger partial charge < -0.3 is 5.32 Å². The van der Waals surface area contributed by atoms with Crippen molar-refractivity contribution in [3.63, 3.8) is 0 Å². The van der Waals surface area contributed by atoms with E-state index in [4.69, 9.17) is 0 Å². The minimum absolute atomic E-state index is 0. The first kappa shape index (κ1) is 13.4. The first-order valence-electron chi connectivity index (χ1n) is 6.89. The van der Waals surface area contributed by atoms with E-state index in [9.17, 15) is 13.2 Å². The van der Waals surface area contributed by atoms with Crippen LogP contribution in [-0.2, 0) is 35.7 Å². The number of amides is 2. The summed E-state index contributed by atoms with van der Waals surface area (Å²) in [4.78, 5) is 11.8. The molecule has 0 saturated heterocycles. The molecule has 0 aromatic heterocycles. The predicted octanol–water partition coefficient (Wildman–Crippen LogP) is 2.24. The van der Waals surface area contributed by atoms with Gasteiger partial charge in [0.15, 0.2) is 0 Å². The summed E-state index contributed by atoms with van der Waals surface area (Å²) < 4.78 is 24.2. The topological polar surface area (TPSA) is 75.3 Å². The Kier molecular flexibility index (Phi) is 3.20. The Balaban J connectivity index is 0.00000121. The lowest BCUT2D eigenvalue weighted by Gasteiger charge is -2.16. The maximum absolute atomic E-state index is 11.8. The zero-order valence-corrected chi connectivity index (χ0v) is 12.3. The van der Waals surface area contributed by atoms with Gasteiger partial charge in [0.2, 0.25) is 10.0 Å². The molecule has 0 fully saturated rings. The standard InChI is InChI=1S/C14H18N2O3S.2H2/c1-20(18,19)16-14(17)15-13-11-6-2-4-9(11)8-10-5-3-7-12(10)13;;/h8H,2-7H2,1H3,(H2,15,16,17);2*1H. The van der Waals surface area contributed by atoms with E-state index >= 15 is 0 Å². The highest BCUT2D eigenvalue weighted by molar-refractivity contribution is 7.89. The molecule has 1 aromatic carbocycles. The molecular weight excluding hydrogens is 276 g/mol. The average molecular weight is 298 g/mol. The van der Waals surface area contributed by atoms with E-state index < -0.39 is 16.1 Å². The number of sulfonamides is 1. The van der Waals surface area contributed by atoms with Gasteiger partial charge in [-0.25, -0.2) is 17.9 Å². The first-order valence-corrected chi connectivity index (χ1v) is 8.78. The summed E-state index contributed by atoms with van der Waals surface area (Å²) in [5.74, 6) is 0. The van der Waals surface area contributed by atoms with Crippen LogP contribution >= 0.6 is 0 Å². The summed E-state index contributed by atoms with van der Waals surface area (Å²) in [6, 6.07) is 1.60. The van der Waals surface area contributed by atoms with Crippen molar-refractivity contribution in [3.8, 4) is 0 Å². The number of fused-ring (bicyclic) bond motifs is 2. The molecule has 0 bridgehead atoms. The molecular formula is C14H22N2O3S. The number of rotatable bonds is 2. The number of benzene rings is 1. The third kappa shape index (κ3) is 2.52. The highest BCUT2D eigenvalue weighted by atomic mass is 32.2. The molecule has 112 valence electrons. The molecule has 2 N–H and O–H groups in total. The molecule has 0 aliphatic heterocycles. The van der Waals surface area contributed by atoms with Gasteiger partial charge in [0, 0.05) is 8.54 Å². The molecule has 3 rings (SSSR count). The Morgan fingerprint density at radius 3 is 2.15 bits per heavy atom. The molecule has 2 aliphatic rings. The van der Waals surface area contributed by atoms with Crippen LogP contribution in [0.3, 0.4) is 0 Å². The van der Waals surface area contributed by atoms with E-state index in [0.717, 1.165) is 50.5 Å². The van der Waals surface area contributed by atoms with Crippen LogP contribution in [0.25, 0.3) is 0 Å². The van der Waals surface area contributed by atoms with Crippen LogP contribution < -0.4 is 10.0 Å². The quantitative estimate of drug-likeness (QED) is 0.879. The number of nitrogens with one attached hydrogen (secondary N) is 2. The van der Waals surface area contributed by atoms with Gasteiger partial charge in [-0.1, -0.05) is 6.07 Å². The second kappa shape index (κ2) is 4.77. The zero-order chi connectivity index (χ0) is 14.3. The minimum atomic E-state index is -3.53. The number of hydrogen-bond donors (Lipinski definition) is 2. The highest BCUT2D eigenvalue weighted by Gasteiger charge is 2.25. The lowest BCUT2D eigenvalue weighted by molar-refractivity contribution is 0.256. The number of carbonyl (C=O) groups is 1. The van der Waals surface area contributed by atoms with E-state index in [1.807, 2.05) is 4.72 Å². The number of anilines is 1. The molecule has 0 radical (unpaired) electrons. The monoisotopic (exact) mass is 298 g/mol. The minimum Gasteiger partial charge on any atom is -0.307 e. The van der Waals surface area contributed by atoms with Crippen molar-refractivity contribution in [1.29, 1.82) is 0 Å². The van der Waals surface area contributed by atoms with Gasteiger partial charge >= 0.3 is 6.03 Å². The molecule has 20 heavy (non-hydrogen) atoms. The number of urea groups is 1. The Morgan fingerprint density at radius 2 is 1.65 bits per heavy atom. The van der Waals surface area contributed by atoms with Crippen LogP contribution in [0, 0.1) is 0 Å². The van der Waals surface area contributed by atoms with Crippen molar-refractivity contribution in [2.24, 2.45) is 0 Å². The van der Waals surface area contributed by atoms with E-state index in [1.54, 1.807) is 0 Å². The Bertz CT molecular complexity index is 658. The number of hydrogen-bond acceptors (Lipinski definition) is 3. The van der Waals surface area contributed by atoms with Crippen LogP contribution in [-0.4, -0.2) is 20.7 Å². The van der Waals surface area contributed by atoms with Gasteiger partial charge in [-0.15, -0.1) is 0 Å². The summed E-state index contributed by atoms with van der Waals surface area (Å²) in [5, 5.41) is 2.77. The Hall–Kier alpha value is -1.56. The van der Waals surface area contributed by atoms with Crippen LogP contribution in [0.15, 0.2) is 6.07 Å². The molecule has 0 unspecified atom stereocenters. The fraction of sp³-hybridized carbons (Fsp3) is 0.500. The summed E-state index contributed by atoms with van der Waals surface area (Å²) in [5.41, 5.74) is 5.85. The van der Waals surface area contributed by atoms with Gasteiger partial charge in [0.05, 0.1) is 6.26 Å². The van der Waals surface area contributed by atoms with Crippen molar-refractivity contribution in [3.05, 3.63) is 28.3 Å². The maximum atomic E-state index is 11.8. The van der Waals surface area contributed by atoms with E-state index in [-0.39, 0.29) is 2.85 Å². The Morgan fingerprint density at radius 1 is 1.10 bits per heavy atom. The molecule has 2 aliphatic carbocycles. The average Bonchev–Trinajstić information content (AvgIpc) is 2.93. The second-order valence-corrected chi connectivity index (χ2v) is 7.31. The summed E-state index contributed by atoms with van der Waals surface area (Å²) in [6.45, 7) is 0. The van der Waals surface area contributed by atoms with Crippen molar-refractivity contribution >= 4 is 21.7 Å². The van der Waals surface area contributed by atoms with Gasteiger partial charge in [-0.2, -0.15) is 0 Å². The smallest absolute Gasteiger partial charge is 0.307 e. The van der Waals surface area contributed by atoms with Gasteiger partial charge in [-0.05, 0) is 60.8 Å². The maximum Gasteiger partial charge on any atom is 0.332 e. The lowest BCUT2D eigenvalue weighted by atomic mass is 9.99. The van der Waals surface area contributed by atoms with Gasteiger partial charge in [0.1, 0.15) is 0 Å². The van der Waals surface area contributed by atoms with Gasteiger partial charge in [-0.3, -0.25) is 0 Å². The molecule has 0 saturated carbocycles. The molecule has 1 aromatic rings. The molecule has 6 heteroatoms. The zero-order valence-electron chi connectivity index (χ0n) is 11.5. The van der Waals surface area contributed by atoms with Crippen molar-refractivity contribution in [2.45, 2.75) is 38.5 Å². The van der Waals surface area contributed by atoms with Crippen molar-refractivity contribution in [2.75, 3.05) is 11.6 Å². The molecule has 5 nitrogen and oxygen atoms in total. The van der Waals surface area contributed by atoms with Crippen LogP contribution in [0.4, 0.5) is 10.5 Å². The van der Waals surface area contributed by atoms with E-state index in [2.05, 4.69) is 11.4 Å². The molecule has 2 amide bonds. The molecule has 0 atom stereocenters. The second-order valence-electron chi connectivity index (χ2n) is 5.56.